The molecule has 0 spiro atoms. The van der Waals surface area contributed by atoms with E-state index in [0.29, 0.717) is 0 Å². The Morgan fingerprint density at radius 3 is 1.33 bits per heavy atom. The quantitative estimate of drug-likeness (QED) is 0.398. The molecule has 0 aromatic carbocycles. The van der Waals surface area contributed by atoms with E-state index in [1.54, 1.807) is 9.81 Å². The first-order valence-corrected chi connectivity index (χ1v) is 14.4. The van der Waals surface area contributed by atoms with Crippen molar-refractivity contribution in [1.82, 2.24) is 0 Å². The summed E-state index contributed by atoms with van der Waals surface area (Å²) in [5, 5.41) is 4.38. The average molecular weight is 465 g/mol. The number of rotatable bonds is 4. The molecule has 0 aromatic rings. The number of thioether (sulfide) groups is 8. The van der Waals surface area contributed by atoms with Gasteiger partial charge >= 0.3 is 0 Å². The number of allylic oxidation sites excluding steroid dienone is 2. The maximum absolute atomic E-state index is 2.29. The zero-order valence-corrected chi connectivity index (χ0v) is 19.8. The van der Waals surface area contributed by atoms with E-state index in [2.05, 4.69) is 48.2 Å². The third-order valence-corrected chi connectivity index (χ3v) is 14.9. The Morgan fingerprint density at radius 1 is 0.542 bits per heavy atom. The fourth-order valence-corrected chi connectivity index (χ4v) is 14.2. The van der Waals surface area contributed by atoms with Crippen LogP contribution in [0.3, 0.4) is 0 Å². The highest BCUT2D eigenvalue weighted by molar-refractivity contribution is 8.49. The molecule has 0 saturated heterocycles. The van der Waals surface area contributed by atoms with Gasteiger partial charge in [0, 0.05) is 9.81 Å². The van der Waals surface area contributed by atoms with Crippen molar-refractivity contribution >= 4 is 94.1 Å². The minimum absolute atomic E-state index is 1.24. The maximum atomic E-state index is 2.29. The van der Waals surface area contributed by atoms with Crippen molar-refractivity contribution < 1.29 is 0 Å². The second-order valence-corrected chi connectivity index (χ2v) is 14.9. The van der Waals surface area contributed by atoms with Gasteiger partial charge in [0.05, 0.1) is 25.4 Å². The summed E-state index contributed by atoms with van der Waals surface area (Å²) in [6, 6.07) is 0. The van der Waals surface area contributed by atoms with E-state index in [4.69, 9.17) is 0 Å². The van der Waals surface area contributed by atoms with Gasteiger partial charge in [-0.2, -0.15) is 0 Å². The first-order chi connectivity index (χ1) is 11.8. The van der Waals surface area contributed by atoms with E-state index in [9.17, 15) is 0 Å². The molecule has 0 radical (unpaired) electrons. The lowest BCUT2D eigenvalue weighted by molar-refractivity contribution is 0.905. The largest absolute Gasteiger partial charge is 0.0884 e. The molecule has 4 aliphatic rings. The molecule has 0 aliphatic carbocycles. The summed E-state index contributed by atoms with van der Waals surface area (Å²) in [7, 11) is 0. The maximum Gasteiger partial charge on any atom is 0.0718 e. The Hall–Kier alpha value is 1.50. The SMILES string of the molecule is CCCC1=C(CCC)SC(=C2SC3=C(SC(=C4SC=CS4)S3)S2)S1. The van der Waals surface area contributed by atoms with Crippen LogP contribution in [0.5, 0.6) is 0 Å². The molecule has 4 aliphatic heterocycles. The van der Waals surface area contributed by atoms with Crippen LogP contribution >= 0.6 is 94.1 Å². The molecule has 0 amide bonds. The lowest BCUT2D eigenvalue weighted by Gasteiger charge is -2.07. The van der Waals surface area contributed by atoms with E-state index in [0.717, 1.165) is 0 Å². The van der Waals surface area contributed by atoms with Crippen LogP contribution in [-0.2, 0) is 0 Å². The van der Waals surface area contributed by atoms with E-state index < -0.39 is 0 Å². The summed E-state index contributed by atoms with van der Waals surface area (Å²) in [6.45, 7) is 4.58. The van der Waals surface area contributed by atoms with E-state index in [1.165, 1.54) is 51.1 Å². The minimum Gasteiger partial charge on any atom is -0.0884 e. The summed E-state index contributed by atoms with van der Waals surface area (Å²) < 4.78 is 9.00. The van der Waals surface area contributed by atoms with Gasteiger partial charge in [-0.05, 0) is 23.7 Å². The molecule has 4 rings (SSSR count). The van der Waals surface area contributed by atoms with Crippen molar-refractivity contribution in [2.24, 2.45) is 0 Å². The third-order valence-electron chi connectivity index (χ3n) is 3.34. The summed E-state index contributed by atoms with van der Waals surface area (Å²) >= 11 is 15.8. The monoisotopic (exact) mass is 464 g/mol. The summed E-state index contributed by atoms with van der Waals surface area (Å²) in [4.78, 5) is 3.26. The van der Waals surface area contributed by atoms with Gasteiger partial charge < -0.3 is 0 Å². The van der Waals surface area contributed by atoms with Gasteiger partial charge in [-0.25, -0.2) is 0 Å². The normalized spacial score (nSPS) is 23.6. The molecular weight excluding hydrogens is 449 g/mol. The van der Waals surface area contributed by atoms with Crippen molar-refractivity contribution in [2.45, 2.75) is 39.5 Å². The van der Waals surface area contributed by atoms with Gasteiger partial charge in [-0.1, -0.05) is 121 Å². The Bertz CT molecular complexity index is 658. The average Bonchev–Trinajstić information content (AvgIpc) is 3.30. The molecule has 0 N–H and O–H groups in total. The third kappa shape index (κ3) is 4.01. The van der Waals surface area contributed by atoms with Crippen molar-refractivity contribution in [3.63, 3.8) is 0 Å². The van der Waals surface area contributed by atoms with Gasteiger partial charge in [-0.3, -0.25) is 0 Å². The second kappa shape index (κ2) is 8.67. The smallest absolute Gasteiger partial charge is 0.0718 e. The van der Waals surface area contributed by atoms with Crippen LogP contribution in [0.4, 0.5) is 0 Å². The van der Waals surface area contributed by atoms with Gasteiger partial charge in [-0.15, -0.1) is 0 Å². The molecule has 0 aromatic heterocycles. The highest BCUT2D eigenvalue weighted by atomic mass is 32.3. The molecule has 24 heavy (non-hydrogen) atoms. The lowest BCUT2D eigenvalue weighted by Crippen LogP contribution is -1.78. The van der Waals surface area contributed by atoms with Gasteiger partial charge in [0.15, 0.2) is 0 Å². The Kier molecular flexibility index (Phi) is 6.81. The summed E-state index contributed by atoms with van der Waals surface area (Å²) in [6.07, 6.45) is 4.99. The van der Waals surface area contributed by atoms with Crippen LogP contribution in [0.2, 0.25) is 0 Å². The predicted molar refractivity (Wildman–Crippen MR) is 128 cm³/mol. The molecule has 0 unspecified atom stereocenters. The zero-order chi connectivity index (χ0) is 16.5. The van der Waals surface area contributed by atoms with E-state index in [-0.39, 0.29) is 0 Å². The van der Waals surface area contributed by atoms with Crippen LogP contribution < -0.4 is 0 Å². The molecule has 0 fully saturated rings. The summed E-state index contributed by atoms with van der Waals surface area (Å²) in [5.74, 6) is 0. The Balaban J connectivity index is 1.44. The molecule has 128 valence electrons. The Morgan fingerprint density at radius 2 is 0.917 bits per heavy atom. The Labute approximate surface area is 178 Å². The second-order valence-electron chi connectivity index (χ2n) is 5.19. The highest BCUT2D eigenvalue weighted by Crippen LogP contribution is 2.71. The number of hydrogen-bond donors (Lipinski definition) is 0. The standard InChI is InChI=1S/C16H16S8/c1-3-5-9-10(6-4-2)20-13(19-9)14-23-15-16(24-14)22-12(21-15)11-17-7-8-18-11/h7-8H,3-6H2,1-2H3. The van der Waals surface area contributed by atoms with Crippen LogP contribution in [0, 0.1) is 0 Å². The number of hydrogen-bond acceptors (Lipinski definition) is 8. The molecule has 4 heterocycles. The van der Waals surface area contributed by atoms with Crippen molar-refractivity contribution in [1.29, 1.82) is 0 Å². The van der Waals surface area contributed by atoms with Gasteiger partial charge in [0.1, 0.15) is 0 Å². The fourth-order valence-electron chi connectivity index (χ4n) is 2.33. The van der Waals surface area contributed by atoms with Crippen LogP contribution in [0.15, 0.2) is 46.0 Å². The zero-order valence-electron chi connectivity index (χ0n) is 13.2. The minimum atomic E-state index is 1.24. The van der Waals surface area contributed by atoms with Crippen LogP contribution in [0.1, 0.15) is 39.5 Å². The molecule has 0 bridgehead atoms. The first-order valence-electron chi connectivity index (χ1n) is 7.78. The highest BCUT2D eigenvalue weighted by Gasteiger charge is 2.35. The topological polar surface area (TPSA) is 0 Å². The molecule has 0 saturated carbocycles. The molecule has 8 heteroatoms. The van der Waals surface area contributed by atoms with E-state index >= 15 is 0 Å². The summed E-state index contributed by atoms with van der Waals surface area (Å²) in [5.41, 5.74) is 0. The van der Waals surface area contributed by atoms with Gasteiger partial charge in [0.2, 0.25) is 0 Å². The fraction of sp³-hybridized carbons (Fsp3) is 0.375. The first kappa shape index (κ1) is 18.8. The van der Waals surface area contributed by atoms with E-state index in [1.807, 2.05) is 70.6 Å². The van der Waals surface area contributed by atoms with Crippen molar-refractivity contribution in [3.8, 4) is 0 Å². The van der Waals surface area contributed by atoms with Gasteiger partial charge in [0.25, 0.3) is 0 Å². The van der Waals surface area contributed by atoms with Crippen molar-refractivity contribution in [2.75, 3.05) is 0 Å². The van der Waals surface area contributed by atoms with Crippen LogP contribution in [0.25, 0.3) is 0 Å². The molecular formula is C16H16S8. The molecule has 0 nitrogen and oxygen atoms in total. The molecule has 0 atom stereocenters. The van der Waals surface area contributed by atoms with Crippen molar-refractivity contribution in [3.05, 3.63) is 46.0 Å². The predicted octanol–water partition coefficient (Wildman–Crippen LogP) is 9.57. The van der Waals surface area contributed by atoms with Crippen LogP contribution in [-0.4, -0.2) is 0 Å². The lowest BCUT2D eigenvalue weighted by atomic mass is 10.2.